The summed E-state index contributed by atoms with van der Waals surface area (Å²) >= 11 is 15.0. The summed E-state index contributed by atoms with van der Waals surface area (Å²) in [5.41, 5.74) is 1.58. The minimum atomic E-state index is -0.174. The number of aliphatic imine (C=N–C) groups is 1. The molecule has 1 aliphatic rings. The van der Waals surface area contributed by atoms with E-state index in [0.29, 0.717) is 25.8 Å². The number of thioether (sulfide) groups is 1. The zero-order valence-electron chi connectivity index (χ0n) is 14.9. The number of amidine groups is 1. The summed E-state index contributed by atoms with van der Waals surface area (Å²) in [6.07, 6.45) is 1.88. The van der Waals surface area contributed by atoms with Gasteiger partial charge in [0.2, 0.25) is 0 Å². The minimum absolute atomic E-state index is 0.174. The van der Waals surface area contributed by atoms with Crippen LogP contribution >= 0.6 is 46.7 Å². The number of carbonyl (C=O) groups is 1. The smallest absolute Gasteiger partial charge is 0.264 e. The van der Waals surface area contributed by atoms with Gasteiger partial charge in [0, 0.05) is 14.8 Å². The van der Waals surface area contributed by atoms with Crippen molar-refractivity contribution in [3.8, 4) is 0 Å². The first kappa shape index (κ1) is 20.1. The minimum Gasteiger partial charge on any atom is -0.300 e. The molecule has 0 unspecified atom stereocenters. The molecule has 1 aliphatic heterocycles. The lowest BCUT2D eigenvalue weighted by Crippen LogP contribution is -2.19. The number of benzene rings is 3. The van der Waals surface area contributed by atoms with Crippen LogP contribution in [0, 0.1) is 0 Å². The standard InChI is InChI=1S/C22H14Cl2N2OS2/c23-15-9-11-16(12-10-15)28-19-8-4-1-5-14(19)13-20-21(27)26-22(29-20)25-18-7-3-2-6-17(18)24/h1-13H,(H,25,26,27). The van der Waals surface area contributed by atoms with Crippen molar-refractivity contribution in [3.05, 3.63) is 93.3 Å². The van der Waals surface area contributed by atoms with E-state index >= 15 is 0 Å². The quantitative estimate of drug-likeness (QED) is 0.428. The topological polar surface area (TPSA) is 41.5 Å². The molecule has 1 N–H and O–H groups in total. The highest BCUT2D eigenvalue weighted by Crippen LogP contribution is 2.35. The second kappa shape index (κ2) is 9.09. The van der Waals surface area contributed by atoms with Crippen molar-refractivity contribution in [1.82, 2.24) is 5.32 Å². The maximum absolute atomic E-state index is 12.4. The van der Waals surface area contributed by atoms with Crippen molar-refractivity contribution in [2.24, 2.45) is 4.99 Å². The van der Waals surface area contributed by atoms with E-state index in [1.165, 1.54) is 11.8 Å². The molecule has 7 heteroatoms. The van der Waals surface area contributed by atoms with Crippen molar-refractivity contribution in [3.63, 3.8) is 0 Å². The number of nitrogens with one attached hydrogen (secondary N) is 1. The summed E-state index contributed by atoms with van der Waals surface area (Å²) in [6.45, 7) is 0. The Morgan fingerprint density at radius 1 is 0.931 bits per heavy atom. The van der Waals surface area contributed by atoms with Crippen LogP contribution in [0.5, 0.6) is 0 Å². The molecule has 3 aromatic carbocycles. The van der Waals surface area contributed by atoms with E-state index in [1.54, 1.807) is 17.8 Å². The third kappa shape index (κ3) is 5.06. The van der Waals surface area contributed by atoms with Crippen LogP contribution in [0.1, 0.15) is 5.56 Å². The van der Waals surface area contributed by atoms with Gasteiger partial charge < -0.3 is 5.32 Å². The van der Waals surface area contributed by atoms with Crippen molar-refractivity contribution in [2.75, 3.05) is 0 Å². The third-order valence-electron chi connectivity index (χ3n) is 3.97. The zero-order valence-corrected chi connectivity index (χ0v) is 18.1. The van der Waals surface area contributed by atoms with Gasteiger partial charge in [-0.1, -0.05) is 65.3 Å². The Morgan fingerprint density at radius 3 is 2.45 bits per heavy atom. The van der Waals surface area contributed by atoms with E-state index in [2.05, 4.69) is 10.3 Å². The van der Waals surface area contributed by atoms with Crippen molar-refractivity contribution in [2.45, 2.75) is 9.79 Å². The molecule has 0 atom stereocenters. The Labute approximate surface area is 187 Å². The van der Waals surface area contributed by atoms with Crippen LogP contribution in [0.25, 0.3) is 6.08 Å². The van der Waals surface area contributed by atoms with Gasteiger partial charge in [0.05, 0.1) is 15.6 Å². The number of hydrogen-bond acceptors (Lipinski definition) is 4. The van der Waals surface area contributed by atoms with Gasteiger partial charge in [-0.3, -0.25) is 4.79 Å². The van der Waals surface area contributed by atoms with E-state index in [-0.39, 0.29) is 5.91 Å². The number of para-hydroxylation sites is 1. The van der Waals surface area contributed by atoms with E-state index in [1.807, 2.05) is 72.8 Å². The first-order chi connectivity index (χ1) is 14.1. The number of halogens is 2. The SMILES string of the molecule is O=C1NC(=Nc2ccccc2Cl)SC1=Cc1ccccc1Sc1ccc(Cl)cc1. The highest BCUT2D eigenvalue weighted by Gasteiger charge is 2.24. The Hall–Kier alpha value is -2.18. The van der Waals surface area contributed by atoms with E-state index in [4.69, 9.17) is 23.2 Å². The molecular formula is C22H14Cl2N2OS2. The van der Waals surface area contributed by atoms with Crippen LogP contribution < -0.4 is 5.32 Å². The maximum Gasteiger partial charge on any atom is 0.264 e. The van der Waals surface area contributed by atoms with Gasteiger partial charge in [0.25, 0.3) is 5.91 Å². The fourth-order valence-electron chi connectivity index (χ4n) is 2.60. The summed E-state index contributed by atoms with van der Waals surface area (Å²) < 4.78 is 0. The van der Waals surface area contributed by atoms with Gasteiger partial charge in [-0.05, 0) is 65.9 Å². The van der Waals surface area contributed by atoms with Crippen LogP contribution in [-0.2, 0) is 4.79 Å². The predicted molar refractivity (Wildman–Crippen MR) is 124 cm³/mol. The van der Waals surface area contributed by atoms with Gasteiger partial charge in [0.1, 0.15) is 0 Å². The molecule has 0 bridgehead atoms. The largest absolute Gasteiger partial charge is 0.300 e. The van der Waals surface area contributed by atoms with Gasteiger partial charge >= 0.3 is 0 Å². The summed E-state index contributed by atoms with van der Waals surface area (Å²) in [6, 6.07) is 22.9. The summed E-state index contributed by atoms with van der Waals surface area (Å²) in [7, 11) is 0. The lowest BCUT2D eigenvalue weighted by molar-refractivity contribution is -0.115. The molecule has 1 heterocycles. The molecule has 0 spiro atoms. The summed E-state index contributed by atoms with van der Waals surface area (Å²) in [4.78, 5) is 19.6. The van der Waals surface area contributed by atoms with E-state index in [9.17, 15) is 4.79 Å². The molecule has 0 aromatic heterocycles. The maximum atomic E-state index is 12.4. The van der Waals surface area contributed by atoms with Crippen molar-refractivity contribution in [1.29, 1.82) is 0 Å². The first-order valence-electron chi connectivity index (χ1n) is 8.65. The second-order valence-electron chi connectivity index (χ2n) is 6.03. The Morgan fingerprint density at radius 2 is 1.66 bits per heavy atom. The Balaban J connectivity index is 1.59. The number of amides is 1. The number of rotatable bonds is 4. The highest BCUT2D eigenvalue weighted by molar-refractivity contribution is 8.18. The molecule has 0 radical (unpaired) electrons. The fraction of sp³-hybridized carbons (Fsp3) is 0. The molecule has 0 saturated carbocycles. The second-order valence-corrected chi connectivity index (χ2v) is 9.02. The lowest BCUT2D eigenvalue weighted by Gasteiger charge is -2.06. The molecule has 3 aromatic rings. The average molecular weight is 457 g/mol. The number of nitrogens with zero attached hydrogens (tertiary/aromatic N) is 1. The fourth-order valence-corrected chi connectivity index (χ4v) is 4.64. The summed E-state index contributed by atoms with van der Waals surface area (Å²) in [5.74, 6) is -0.174. The van der Waals surface area contributed by atoms with Crippen LogP contribution in [0.15, 0.2) is 92.5 Å². The zero-order chi connectivity index (χ0) is 20.2. The lowest BCUT2D eigenvalue weighted by atomic mass is 10.2. The van der Waals surface area contributed by atoms with Crippen LogP contribution in [0.3, 0.4) is 0 Å². The molecule has 0 aliphatic carbocycles. The molecule has 3 nitrogen and oxygen atoms in total. The summed E-state index contributed by atoms with van der Waals surface area (Å²) in [5, 5.41) is 4.55. The predicted octanol–water partition coefficient (Wildman–Crippen LogP) is 7.04. The van der Waals surface area contributed by atoms with Gasteiger partial charge in [-0.25, -0.2) is 4.99 Å². The van der Waals surface area contributed by atoms with E-state index < -0.39 is 0 Å². The van der Waals surface area contributed by atoms with Crippen molar-refractivity contribution < 1.29 is 4.79 Å². The Kier molecular flexibility index (Phi) is 6.31. The van der Waals surface area contributed by atoms with Crippen LogP contribution in [-0.4, -0.2) is 11.1 Å². The Bertz CT molecular complexity index is 1130. The number of hydrogen-bond donors (Lipinski definition) is 1. The van der Waals surface area contributed by atoms with Gasteiger partial charge in [0.15, 0.2) is 5.17 Å². The first-order valence-corrected chi connectivity index (χ1v) is 11.0. The molecular weight excluding hydrogens is 443 g/mol. The van der Waals surface area contributed by atoms with Gasteiger partial charge in [-0.15, -0.1) is 0 Å². The molecule has 4 rings (SSSR count). The average Bonchev–Trinajstić information content (AvgIpc) is 3.06. The van der Waals surface area contributed by atoms with Crippen molar-refractivity contribution >= 4 is 69.6 Å². The molecule has 1 saturated heterocycles. The highest BCUT2D eigenvalue weighted by atomic mass is 35.5. The molecule has 1 fully saturated rings. The molecule has 144 valence electrons. The normalized spacial score (nSPS) is 16.4. The van der Waals surface area contributed by atoms with Crippen LogP contribution in [0.4, 0.5) is 5.69 Å². The third-order valence-corrected chi connectivity index (χ3v) is 6.55. The monoisotopic (exact) mass is 456 g/mol. The molecule has 29 heavy (non-hydrogen) atoms. The van der Waals surface area contributed by atoms with E-state index in [0.717, 1.165) is 15.4 Å². The van der Waals surface area contributed by atoms with Gasteiger partial charge in [-0.2, -0.15) is 0 Å². The number of carbonyl (C=O) groups excluding carboxylic acids is 1. The molecule has 1 amide bonds. The van der Waals surface area contributed by atoms with Crippen LogP contribution in [0.2, 0.25) is 10.0 Å².